The number of nitrogens with one attached hydrogen (secondary N) is 1. The fourth-order valence-corrected chi connectivity index (χ4v) is 3.17. The van der Waals surface area contributed by atoms with Crippen LogP contribution in [-0.4, -0.2) is 41.5 Å². The zero-order valence-corrected chi connectivity index (χ0v) is 14.2. The standard InChI is InChI=1S/C14H23IN4/c1-4-19(5-2)9-8-11-17-13(10-6-7-10)12(15)14(16-3)18-11/h10H,4-9H2,1-3H3,(H,16,17,18). The second kappa shape index (κ2) is 6.83. The molecule has 0 saturated heterocycles. The van der Waals surface area contributed by atoms with Gasteiger partial charge in [0.15, 0.2) is 0 Å². The average Bonchev–Trinajstić information content (AvgIpc) is 3.25. The Labute approximate surface area is 129 Å². The lowest BCUT2D eigenvalue weighted by Gasteiger charge is -2.18. The van der Waals surface area contributed by atoms with Crippen molar-refractivity contribution in [1.82, 2.24) is 14.9 Å². The van der Waals surface area contributed by atoms with Gasteiger partial charge in [0.05, 0.1) is 9.26 Å². The Morgan fingerprint density at radius 3 is 2.47 bits per heavy atom. The van der Waals surface area contributed by atoms with Gasteiger partial charge in [-0.1, -0.05) is 13.8 Å². The van der Waals surface area contributed by atoms with Crippen molar-refractivity contribution in [3.8, 4) is 0 Å². The smallest absolute Gasteiger partial charge is 0.143 e. The van der Waals surface area contributed by atoms with Crippen molar-refractivity contribution in [2.24, 2.45) is 0 Å². The molecule has 1 aliphatic carbocycles. The summed E-state index contributed by atoms with van der Waals surface area (Å²) in [5, 5.41) is 3.20. The van der Waals surface area contributed by atoms with Crippen LogP contribution in [0.5, 0.6) is 0 Å². The van der Waals surface area contributed by atoms with Gasteiger partial charge in [-0.05, 0) is 48.5 Å². The third-order valence-corrected chi connectivity index (χ3v) is 4.73. The number of halogens is 1. The van der Waals surface area contributed by atoms with Gasteiger partial charge in [-0.3, -0.25) is 0 Å². The van der Waals surface area contributed by atoms with E-state index < -0.39 is 0 Å². The van der Waals surface area contributed by atoms with E-state index in [1.54, 1.807) is 0 Å². The zero-order valence-electron chi connectivity index (χ0n) is 12.0. The molecule has 1 saturated carbocycles. The summed E-state index contributed by atoms with van der Waals surface area (Å²) >= 11 is 2.37. The Kier molecular flexibility index (Phi) is 5.38. The van der Waals surface area contributed by atoms with Crippen LogP contribution >= 0.6 is 22.6 Å². The lowest BCUT2D eigenvalue weighted by Crippen LogP contribution is -2.26. The molecule has 0 aliphatic heterocycles. The van der Waals surface area contributed by atoms with Crippen molar-refractivity contribution in [1.29, 1.82) is 0 Å². The Hall–Kier alpha value is -0.430. The summed E-state index contributed by atoms with van der Waals surface area (Å²) in [5.74, 6) is 2.65. The quantitative estimate of drug-likeness (QED) is 0.746. The topological polar surface area (TPSA) is 41.1 Å². The second-order valence-electron chi connectivity index (χ2n) is 4.99. The van der Waals surface area contributed by atoms with Crippen molar-refractivity contribution < 1.29 is 0 Å². The summed E-state index contributed by atoms with van der Waals surface area (Å²) in [7, 11) is 1.94. The number of aromatic nitrogens is 2. The van der Waals surface area contributed by atoms with Crippen molar-refractivity contribution in [3.05, 3.63) is 15.1 Å². The molecule has 1 N–H and O–H groups in total. The van der Waals surface area contributed by atoms with Crippen LogP contribution in [0.25, 0.3) is 0 Å². The third-order valence-electron chi connectivity index (χ3n) is 3.67. The Morgan fingerprint density at radius 2 is 1.95 bits per heavy atom. The monoisotopic (exact) mass is 374 g/mol. The Bertz CT molecular complexity index is 428. The molecule has 1 heterocycles. The largest absolute Gasteiger partial charge is 0.372 e. The molecule has 0 atom stereocenters. The van der Waals surface area contributed by atoms with E-state index in [0.717, 1.165) is 37.7 Å². The third kappa shape index (κ3) is 3.78. The molecule has 1 aromatic heterocycles. The number of nitrogens with zero attached hydrogens (tertiary/aromatic N) is 3. The number of hydrogen-bond acceptors (Lipinski definition) is 4. The molecular weight excluding hydrogens is 351 g/mol. The molecular formula is C14H23IN4. The van der Waals surface area contributed by atoms with Gasteiger partial charge in [-0.2, -0.15) is 0 Å². The highest BCUT2D eigenvalue weighted by atomic mass is 127. The summed E-state index contributed by atoms with van der Waals surface area (Å²) < 4.78 is 1.20. The molecule has 1 aromatic rings. The molecule has 0 amide bonds. The first kappa shape index (κ1) is 15.0. The Morgan fingerprint density at radius 1 is 1.26 bits per heavy atom. The molecule has 4 nitrogen and oxygen atoms in total. The van der Waals surface area contributed by atoms with E-state index in [0.29, 0.717) is 5.92 Å². The molecule has 0 unspecified atom stereocenters. The number of anilines is 1. The zero-order chi connectivity index (χ0) is 13.8. The minimum Gasteiger partial charge on any atom is -0.372 e. The molecule has 5 heteroatoms. The van der Waals surface area contributed by atoms with E-state index >= 15 is 0 Å². The van der Waals surface area contributed by atoms with Gasteiger partial charge in [0, 0.05) is 25.9 Å². The highest BCUT2D eigenvalue weighted by Gasteiger charge is 2.29. The van der Waals surface area contributed by atoms with Crippen molar-refractivity contribution >= 4 is 28.4 Å². The van der Waals surface area contributed by atoms with Crippen LogP contribution in [0.15, 0.2) is 0 Å². The van der Waals surface area contributed by atoms with E-state index in [-0.39, 0.29) is 0 Å². The molecule has 0 spiro atoms. The summed E-state index contributed by atoms with van der Waals surface area (Å²) in [6.45, 7) is 7.63. The number of likely N-dealkylation sites (N-methyl/N-ethyl adjacent to an activating group) is 1. The van der Waals surface area contributed by atoms with E-state index in [9.17, 15) is 0 Å². The molecule has 0 radical (unpaired) electrons. The first-order valence-electron chi connectivity index (χ1n) is 7.16. The van der Waals surface area contributed by atoms with Crippen molar-refractivity contribution in [2.75, 3.05) is 32.0 Å². The number of rotatable bonds is 7. The van der Waals surface area contributed by atoms with E-state index in [2.05, 4.69) is 51.6 Å². The second-order valence-corrected chi connectivity index (χ2v) is 6.07. The Balaban J connectivity index is 2.13. The predicted molar refractivity (Wildman–Crippen MR) is 87.8 cm³/mol. The molecule has 0 aromatic carbocycles. The van der Waals surface area contributed by atoms with Gasteiger partial charge in [-0.15, -0.1) is 0 Å². The van der Waals surface area contributed by atoms with Gasteiger partial charge < -0.3 is 10.2 Å². The highest BCUT2D eigenvalue weighted by molar-refractivity contribution is 14.1. The average molecular weight is 374 g/mol. The minimum absolute atomic E-state index is 0.675. The molecule has 2 rings (SSSR count). The van der Waals surface area contributed by atoms with E-state index in [1.165, 1.54) is 22.1 Å². The van der Waals surface area contributed by atoms with E-state index in [1.807, 2.05) is 7.05 Å². The first-order valence-corrected chi connectivity index (χ1v) is 8.23. The van der Waals surface area contributed by atoms with Gasteiger partial charge in [0.25, 0.3) is 0 Å². The van der Waals surface area contributed by atoms with Crippen LogP contribution < -0.4 is 5.32 Å². The maximum Gasteiger partial charge on any atom is 0.143 e. The van der Waals surface area contributed by atoms with Crippen molar-refractivity contribution in [3.63, 3.8) is 0 Å². The van der Waals surface area contributed by atoms with Gasteiger partial charge >= 0.3 is 0 Å². The summed E-state index contributed by atoms with van der Waals surface area (Å²) in [6.07, 6.45) is 3.50. The fraction of sp³-hybridized carbons (Fsp3) is 0.714. The molecule has 1 fully saturated rings. The summed E-state index contributed by atoms with van der Waals surface area (Å²) in [4.78, 5) is 11.9. The van der Waals surface area contributed by atoms with Gasteiger partial charge in [0.2, 0.25) is 0 Å². The summed E-state index contributed by atoms with van der Waals surface area (Å²) in [5.41, 5.74) is 1.26. The van der Waals surface area contributed by atoms with Crippen LogP contribution in [0.3, 0.4) is 0 Å². The van der Waals surface area contributed by atoms with Crippen LogP contribution in [0, 0.1) is 3.57 Å². The normalized spacial score (nSPS) is 15.0. The molecule has 19 heavy (non-hydrogen) atoms. The van der Waals surface area contributed by atoms with Gasteiger partial charge in [0.1, 0.15) is 11.6 Å². The van der Waals surface area contributed by atoms with E-state index in [4.69, 9.17) is 4.98 Å². The SMILES string of the molecule is CCN(CC)CCc1nc(NC)c(I)c(C2CC2)n1. The van der Waals surface area contributed by atoms with Gasteiger partial charge in [-0.25, -0.2) is 9.97 Å². The predicted octanol–water partition coefficient (Wildman–Crippen LogP) is 2.88. The van der Waals surface area contributed by atoms with Crippen molar-refractivity contribution in [2.45, 2.75) is 39.0 Å². The maximum atomic E-state index is 4.80. The lowest BCUT2D eigenvalue weighted by atomic mass is 10.2. The fourth-order valence-electron chi connectivity index (χ4n) is 2.22. The molecule has 106 valence electrons. The minimum atomic E-state index is 0.675. The highest BCUT2D eigenvalue weighted by Crippen LogP contribution is 2.42. The summed E-state index contributed by atoms with van der Waals surface area (Å²) in [6, 6.07) is 0. The van der Waals surface area contributed by atoms with Crippen LogP contribution in [-0.2, 0) is 6.42 Å². The first-order chi connectivity index (χ1) is 9.19. The van der Waals surface area contributed by atoms with Crippen LogP contribution in [0.1, 0.15) is 44.1 Å². The number of hydrogen-bond donors (Lipinski definition) is 1. The van der Waals surface area contributed by atoms with Crippen LogP contribution in [0.2, 0.25) is 0 Å². The molecule has 0 bridgehead atoms. The van der Waals surface area contributed by atoms with Crippen LogP contribution in [0.4, 0.5) is 5.82 Å². The lowest BCUT2D eigenvalue weighted by molar-refractivity contribution is 0.305. The maximum absolute atomic E-state index is 4.80. The molecule has 1 aliphatic rings.